The maximum atomic E-state index is 11.3. The van der Waals surface area contributed by atoms with Gasteiger partial charge in [0.1, 0.15) is 0 Å². The fourth-order valence-corrected chi connectivity index (χ4v) is 2.53. The predicted octanol–water partition coefficient (Wildman–Crippen LogP) is 2.90. The Morgan fingerprint density at radius 1 is 1.22 bits per heavy atom. The zero-order valence-corrected chi connectivity index (χ0v) is 10.3. The van der Waals surface area contributed by atoms with E-state index in [4.69, 9.17) is 4.74 Å². The quantitative estimate of drug-likeness (QED) is 0.759. The van der Waals surface area contributed by atoms with Crippen LogP contribution in [0, 0.1) is 5.92 Å². The molecule has 0 saturated heterocycles. The molecule has 0 unspecified atom stereocenters. The van der Waals surface area contributed by atoms with Crippen LogP contribution in [0.5, 0.6) is 0 Å². The molecular formula is C15H15NO2. The Hall–Kier alpha value is -1.90. The lowest BCUT2D eigenvalue weighted by Gasteiger charge is -2.32. The summed E-state index contributed by atoms with van der Waals surface area (Å²) in [6.45, 7) is 0. The Morgan fingerprint density at radius 2 is 2.00 bits per heavy atom. The van der Waals surface area contributed by atoms with Gasteiger partial charge in [0, 0.05) is 17.0 Å². The average Bonchev–Trinajstić information content (AvgIpc) is 2.36. The van der Waals surface area contributed by atoms with Crippen molar-refractivity contribution >= 4 is 16.9 Å². The van der Waals surface area contributed by atoms with Gasteiger partial charge >= 0.3 is 5.97 Å². The number of benzene rings is 1. The molecule has 1 fully saturated rings. The first-order valence-electron chi connectivity index (χ1n) is 6.21. The lowest BCUT2D eigenvalue weighted by Crippen LogP contribution is -2.30. The number of ether oxygens (including phenoxy) is 1. The van der Waals surface area contributed by atoms with Gasteiger partial charge in [-0.25, -0.2) is 0 Å². The van der Waals surface area contributed by atoms with Gasteiger partial charge in [-0.05, 0) is 25.0 Å². The van der Waals surface area contributed by atoms with Crippen LogP contribution in [0.1, 0.15) is 24.5 Å². The van der Waals surface area contributed by atoms with Crippen LogP contribution in [-0.2, 0) is 9.53 Å². The number of nitrogens with zero attached hydrogens (tertiary/aromatic N) is 1. The largest absolute Gasteiger partial charge is 0.469 e. The van der Waals surface area contributed by atoms with Crippen molar-refractivity contribution in [1.82, 2.24) is 4.98 Å². The topological polar surface area (TPSA) is 39.2 Å². The first-order chi connectivity index (χ1) is 8.78. The third-order valence-electron chi connectivity index (χ3n) is 3.71. The van der Waals surface area contributed by atoms with Crippen molar-refractivity contribution in [2.24, 2.45) is 5.92 Å². The summed E-state index contributed by atoms with van der Waals surface area (Å²) in [4.78, 5) is 16.0. The molecule has 1 heterocycles. The van der Waals surface area contributed by atoms with Crippen molar-refractivity contribution in [2.75, 3.05) is 7.11 Å². The SMILES string of the molecule is COC(=O)[C@H]1C[C@@H](c2ccc3ccccc3n2)C1. The Bertz CT molecular complexity index is 588. The molecule has 3 nitrogen and oxygen atoms in total. The maximum Gasteiger partial charge on any atom is 0.308 e. The fourth-order valence-electron chi connectivity index (χ4n) is 2.53. The fraction of sp³-hybridized carbons (Fsp3) is 0.333. The Morgan fingerprint density at radius 3 is 2.78 bits per heavy atom. The van der Waals surface area contributed by atoms with E-state index in [1.54, 1.807) is 0 Å². The minimum atomic E-state index is -0.0907. The third-order valence-corrected chi connectivity index (χ3v) is 3.71. The summed E-state index contributed by atoms with van der Waals surface area (Å²) in [6.07, 6.45) is 1.72. The number of carbonyl (C=O) groups excluding carboxylic acids is 1. The van der Waals surface area contributed by atoms with Gasteiger partial charge in [0.2, 0.25) is 0 Å². The van der Waals surface area contributed by atoms with Crippen LogP contribution < -0.4 is 0 Å². The molecule has 0 radical (unpaired) electrons. The summed E-state index contributed by atoms with van der Waals surface area (Å²) in [7, 11) is 1.45. The summed E-state index contributed by atoms with van der Waals surface area (Å²) in [5, 5.41) is 1.16. The van der Waals surface area contributed by atoms with E-state index in [1.807, 2.05) is 18.2 Å². The molecule has 92 valence electrons. The summed E-state index contributed by atoms with van der Waals surface area (Å²) >= 11 is 0. The molecule has 1 aliphatic carbocycles. The van der Waals surface area contributed by atoms with Crippen molar-refractivity contribution < 1.29 is 9.53 Å². The van der Waals surface area contributed by atoms with E-state index in [-0.39, 0.29) is 11.9 Å². The number of hydrogen-bond acceptors (Lipinski definition) is 3. The molecule has 18 heavy (non-hydrogen) atoms. The van der Waals surface area contributed by atoms with Gasteiger partial charge < -0.3 is 4.74 Å². The highest BCUT2D eigenvalue weighted by molar-refractivity contribution is 5.78. The van der Waals surface area contributed by atoms with Crippen LogP contribution in [0.4, 0.5) is 0 Å². The number of rotatable bonds is 2. The zero-order valence-electron chi connectivity index (χ0n) is 10.3. The number of esters is 1. The number of para-hydroxylation sites is 1. The van der Waals surface area contributed by atoms with Crippen molar-refractivity contribution in [2.45, 2.75) is 18.8 Å². The van der Waals surface area contributed by atoms with E-state index >= 15 is 0 Å². The number of aromatic nitrogens is 1. The molecule has 3 heteroatoms. The summed E-state index contributed by atoms with van der Waals surface area (Å²) < 4.78 is 4.75. The molecule has 2 aromatic rings. The van der Waals surface area contributed by atoms with Gasteiger partial charge in [0.25, 0.3) is 0 Å². The molecule has 0 N–H and O–H groups in total. The number of carbonyl (C=O) groups is 1. The number of methoxy groups -OCH3 is 1. The van der Waals surface area contributed by atoms with Crippen LogP contribution in [0.15, 0.2) is 36.4 Å². The Balaban J connectivity index is 1.78. The van der Waals surface area contributed by atoms with E-state index in [1.165, 1.54) is 7.11 Å². The summed E-state index contributed by atoms with van der Waals surface area (Å²) in [6, 6.07) is 12.3. The van der Waals surface area contributed by atoms with Crippen LogP contribution >= 0.6 is 0 Å². The normalized spacial score (nSPS) is 22.5. The van der Waals surface area contributed by atoms with Crippen molar-refractivity contribution in [3.8, 4) is 0 Å². The van der Waals surface area contributed by atoms with E-state index < -0.39 is 0 Å². The van der Waals surface area contributed by atoms with Crippen molar-refractivity contribution in [3.05, 3.63) is 42.1 Å². The molecule has 0 atom stereocenters. The number of fused-ring (bicyclic) bond motifs is 1. The molecule has 0 aliphatic heterocycles. The van der Waals surface area contributed by atoms with Crippen LogP contribution in [0.25, 0.3) is 10.9 Å². The standard InChI is InChI=1S/C15H15NO2/c1-18-15(17)12-8-11(9-12)14-7-6-10-4-2-3-5-13(10)16-14/h2-7,11-12H,8-9H2,1H3/t11-,12+. The second-order valence-corrected chi connectivity index (χ2v) is 4.82. The van der Waals surface area contributed by atoms with Crippen molar-refractivity contribution in [3.63, 3.8) is 0 Å². The third kappa shape index (κ3) is 1.86. The van der Waals surface area contributed by atoms with E-state index in [0.29, 0.717) is 5.92 Å². The minimum absolute atomic E-state index is 0.0632. The van der Waals surface area contributed by atoms with Gasteiger partial charge in [-0.3, -0.25) is 9.78 Å². The maximum absolute atomic E-state index is 11.3. The van der Waals surface area contributed by atoms with Gasteiger partial charge in [-0.2, -0.15) is 0 Å². The zero-order chi connectivity index (χ0) is 12.5. The van der Waals surface area contributed by atoms with Crippen LogP contribution in [0.2, 0.25) is 0 Å². The molecule has 0 spiro atoms. The first kappa shape index (κ1) is 11.2. The molecule has 1 aliphatic rings. The molecule has 1 saturated carbocycles. The van der Waals surface area contributed by atoms with Crippen molar-refractivity contribution in [1.29, 1.82) is 0 Å². The molecule has 0 amide bonds. The van der Waals surface area contributed by atoms with Gasteiger partial charge in [0.15, 0.2) is 0 Å². The lowest BCUT2D eigenvalue weighted by atomic mass is 9.73. The number of pyridine rings is 1. The predicted molar refractivity (Wildman–Crippen MR) is 69.2 cm³/mol. The monoisotopic (exact) mass is 241 g/mol. The van der Waals surface area contributed by atoms with Gasteiger partial charge in [0.05, 0.1) is 18.5 Å². The summed E-state index contributed by atoms with van der Waals surface area (Å²) in [5.74, 6) is 0.374. The minimum Gasteiger partial charge on any atom is -0.469 e. The van der Waals surface area contributed by atoms with Gasteiger partial charge in [-0.1, -0.05) is 24.3 Å². The molecule has 1 aromatic heterocycles. The van der Waals surface area contributed by atoms with Crippen LogP contribution in [-0.4, -0.2) is 18.1 Å². The second kappa shape index (κ2) is 4.41. The smallest absolute Gasteiger partial charge is 0.308 e. The van der Waals surface area contributed by atoms with Gasteiger partial charge in [-0.15, -0.1) is 0 Å². The lowest BCUT2D eigenvalue weighted by molar-refractivity contribution is -0.148. The highest BCUT2D eigenvalue weighted by Gasteiger charge is 2.36. The highest BCUT2D eigenvalue weighted by Crippen LogP contribution is 2.41. The molecule has 0 bridgehead atoms. The molecule has 1 aromatic carbocycles. The second-order valence-electron chi connectivity index (χ2n) is 4.82. The van der Waals surface area contributed by atoms with Crippen LogP contribution in [0.3, 0.4) is 0 Å². The first-order valence-corrected chi connectivity index (χ1v) is 6.21. The number of hydrogen-bond donors (Lipinski definition) is 0. The molecular weight excluding hydrogens is 226 g/mol. The Labute approximate surface area is 106 Å². The van der Waals surface area contributed by atoms with E-state index in [2.05, 4.69) is 23.2 Å². The Kier molecular flexibility index (Phi) is 2.74. The summed E-state index contributed by atoms with van der Waals surface area (Å²) in [5.41, 5.74) is 2.12. The average molecular weight is 241 g/mol. The molecule has 3 rings (SSSR count). The highest BCUT2D eigenvalue weighted by atomic mass is 16.5. The van der Waals surface area contributed by atoms with E-state index in [0.717, 1.165) is 29.4 Å². The van der Waals surface area contributed by atoms with E-state index in [9.17, 15) is 4.79 Å².